The molecule has 0 N–H and O–H groups in total. The van der Waals surface area contributed by atoms with Crippen LogP contribution in [0.5, 0.6) is 11.5 Å². The van der Waals surface area contributed by atoms with E-state index in [-0.39, 0.29) is 48.6 Å². The van der Waals surface area contributed by atoms with Crippen molar-refractivity contribution in [2.45, 2.75) is 44.3 Å². The van der Waals surface area contributed by atoms with Crippen LogP contribution >= 0.6 is 0 Å². The number of rotatable bonds is 5. The Kier molecular flexibility index (Phi) is 6.17. The number of anilines is 1. The number of likely N-dealkylation sites (tertiary alicyclic amines) is 1. The van der Waals surface area contributed by atoms with E-state index < -0.39 is 6.17 Å². The number of amides is 4. The standard InChI is InChI=1S/C31H34N4O6/c1-40-24-11-10-21-27(28(24)41-2)31(39)35-23-7-4-3-6-20(23)30(38)33(29(21)35)13-12-25(36)32-15-18-14-19(17-32)22-8-5-9-26(37)34(22)16-18/h3-4,6-7,10-11,18-19,22,29H,5,8-9,12-17H2,1-2H3/t18-,19+,22?,29?/m1/s1. The van der Waals surface area contributed by atoms with Crippen LogP contribution in [0.15, 0.2) is 36.4 Å². The van der Waals surface area contributed by atoms with Crippen LogP contribution in [0.1, 0.15) is 64.5 Å². The Morgan fingerprint density at radius 1 is 0.976 bits per heavy atom. The average molecular weight is 559 g/mol. The zero-order chi connectivity index (χ0) is 28.4. The van der Waals surface area contributed by atoms with Crippen LogP contribution in [0, 0.1) is 11.8 Å². The average Bonchev–Trinajstić information content (AvgIpc) is 3.29. The lowest BCUT2D eigenvalue weighted by molar-refractivity contribution is -0.148. The number of fused-ring (bicyclic) bond motifs is 9. The SMILES string of the molecule is COc1ccc2c(c1OC)C(=O)N1c3ccccc3C(=O)N(CCC(=O)N3C[C@H]4C[C@@H](C3)C3CCCC(=O)N3C4)C21. The predicted octanol–water partition coefficient (Wildman–Crippen LogP) is 3.07. The Hall–Kier alpha value is -4.08. The molecule has 0 saturated carbocycles. The largest absolute Gasteiger partial charge is 0.493 e. The molecule has 0 radical (unpaired) electrons. The van der Waals surface area contributed by atoms with E-state index >= 15 is 0 Å². The molecule has 5 aliphatic rings. The van der Waals surface area contributed by atoms with Crippen LogP contribution in [0.4, 0.5) is 5.69 Å². The fourth-order valence-corrected chi connectivity index (χ4v) is 7.84. The van der Waals surface area contributed by atoms with Gasteiger partial charge in [0.15, 0.2) is 11.5 Å². The molecule has 3 saturated heterocycles. The van der Waals surface area contributed by atoms with Crippen LogP contribution < -0.4 is 14.4 Å². The molecular formula is C31H34N4O6. The fraction of sp³-hybridized carbons (Fsp3) is 0.484. The van der Waals surface area contributed by atoms with E-state index in [1.54, 1.807) is 40.1 Å². The molecule has 2 aromatic carbocycles. The first-order valence-corrected chi connectivity index (χ1v) is 14.5. The van der Waals surface area contributed by atoms with Gasteiger partial charge in [-0.15, -0.1) is 0 Å². The molecule has 4 amide bonds. The second-order valence-electron chi connectivity index (χ2n) is 11.7. The van der Waals surface area contributed by atoms with Gasteiger partial charge in [-0.25, -0.2) is 0 Å². The van der Waals surface area contributed by atoms with Crippen LogP contribution in [-0.4, -0.2) is 84.8 Å². The van der Waals surface area contributed by atoms with Crippen LogP contribution in [0.2, 0.25) is 0 Å². The molecule has 2 bridgehead atoms. The summed E-state index contributed by atoms with van der Waals surface area (Å²) >= 11 is 0. The number of nitrogens with zero attached hydrogens (tertiary/aromatic N) is 4. The molecule has 2 aromatic rings. The van der Waals surface area contributed by atoms with Crippen molar-refractivity contribution < 1.29 is 28.7 Å². The summed E-state index contributed by atoms with van der Waals surface area (Å²) in [7, 11) is 3.01. The highest BCUT2D eigenvalue weighted by atomic mass is 16.5. The highest BCUT2D eigenvalue weighted by Crippen LogP contribution is 2.49. The molecule has 5 aliphatic heterocycles. The topological polar surface area (TPSA) is 99.7 Å². The van der Waals surface area contributed by atoms with Crippen molar-refractivity contribution in [2.75, 3.05) is 45.3 Å². The summed E-state index contributed by atoms with van der Waals surface area (Å²) in [6.07, 6.45) is 3.08. The van der Waals surface area contributed by atoms with Crippen molar-refractivity contribution >= 4 is 29.3 Å². The highest BCUT2D eigenvalue weighted by Gasteiger charge is 2.50. The number of carbonyl (C=O) groups excluding carboxylic acids is 4. The quantitative estimate of drug-likeness (QED) is 0.560. The number of ether oxygens (including phenoxy) is 2. The molecule has 7 rings (SSSR count). The van der Waals surface area contributed by atoms with Gasteiger partial charge in [0.2, 0.25) is 11.8 Å². The number of piperidine rings is 3. The Balaban J connectivity index is 1.16. The third-order valence-corrected chi connectivity index (χ3v) is 9.58. The number of hydrogen-bond donors (Lipinski definition) is 0. The molecule has 214 valence electrons. The Labute approximate surface area is 238 Å². The molecule has 10 heteroatoms. The van der Waals surface area contributed by atoms with E-state index in [4.69, 9.17) is 9.47 Å². The second-order valence-corrected chi connectivity index (χ2v) is 11.7. The van der Waals surface area contributed by atoms with Gasteiger partial charge in [-0.1, -0.05) is 18.2 Å². The summed E-state index contributed by atoms with van der Waals surface area (Å²) in [6.45, 7) is 2.19. The van der Waals surface area contributed by atoms with E-state index in [0.29, 0.717) is 59.3 Å². The second kappa shape index (κ2) is 9.78. The maximum Gasteiger partial charge on any atom is 0.264 e. The molecular weight excluding hydrogens is 524 g/mol. The lowest BCUT2D eigenvalue weighted by Gasteiger charge is -2.52. The molecule has 3 fully saturated rings. The van der Waals surface area contributed by atoms with Gasteiger partial charge in [-0.3, -0.25) is 24.1 Å². The minimum atomic E-state index is -0.685. The minimum absolute atomic E-state index is 0.00496. The van der Waals surface area contributed by atoms with E-state index in [1.807, 2.05) is 11.0 Å². The number of para-hydroxylation sites is 1. The first kappa shape index (κ1) is 25.9. The first-order valence-electron chi connectivity index (χ1n) is 14.5. The highest BCUT2D eigenvalue weighted by molar-refractivity contribution is 6.18. The third-order valence-electron chi connectivity index (χ3n) is 9.58. The molecule has 41 heavy (non-hydrogen) atoms. The molecule has 5 heterocycles. The van der Waals surface area contributed by atoms with E-state index in [1.165, 1.54) is 14.2 Å². The van der Waals surface area contributed by atoms with Crippen molar-refractivity contribution in [3.63, 3.8) is 0 Å². The first-order chi connectivity index (χ1) is 19.9. The molecule has 0 aliphatic carbocycles. The zero-order valence-corrected chi connectivity index (χ0v) is 23.4. The van der Waals surface area contributed by atoms with Crippen molar-refractivity contribution in [1.29, 1.82) is 0 Å². The van der Waals surface area contributed by atoms with E-state index in [9.17, 15) is 19.2 Å². The van der Waals surface area contributed by atoms with Gasteiger partial charge < -0.3 is 24.2 Å². The lowest BCUT2D eigenvalue weighted by atomic mass is 9.76. The number of benzene rings is 2. The fourth-order valence-electron chi connectivity index (χ4n) is 7.84. The Bertz CT molecular complexity index is 1460. The third kappa shape index (κ3) is 3.90. The van der Waals surface area contributed by atoms with Crippen LogP contribution in [0.3, 0.4) is 0 Å². The summed E-state index contributed by atoms with van der Waals surface area (Å²) < 4.78 is 11.1. The number of methoxy groups -OCH3 is 2. The van der Waals surface area contributed by atoms with Gasteiger partial charge in [0.25, 0.3) is 11.8 Å². The molecule has 2 unspecified atom stereocenters. The van der Waals surface area contributed by atoms with Crippen molar-refractivity contribution in [3.05, 3.63) is 53.1 Å². The minimum Gasteiger partial charge on any atom is -0.493 e. The Morgan fingerprint density at radius 3 is 2.61 bits per heavy atom. The maximum atomic E-state index is 13.9. The summed E-state index contributed by atoms with van der Waals surface area (Å²) in [6, 6.07) is 10.9. The van der Waals surface area contributed by atoms with Crippen molar-refractivity contribution in [3.8, 4) is 11.5 Å². The van der Waals surface area contributed by atoms with Crippen LogP contribution in [0.25, 0.3) is 0 Å². The maximum absolute atomic E-state index is 13.9. The van der Waals surface area contributed by atoms with Crippen molar-refractivity contribution in [1.82, 2.24) is 14.7 Å². The summed E-state index contributed by atoms with van der Waals surface area (Å²) in [4.78, 5) is 61.2. The Morgan fingerprint density at radius 2 is 1.80 bits per heavy atom. The summed E-state index contributed by atoms with van der Waals surface area (Å²) in [5.41, 5.74) is 1.99. The lowest BCUT2D eigenvalue weighted by Crippen LogP contribution is -2.61. The monoisotopic (exact) mass is 558 g/mol. The zero-order valence-electron chi connectivity index (χ0n) is 23.4. The number of hydrogen-bond acceptors (Lipinski definition) is 6. The van der Waals surface area contributed by atoms with Gasteiger partial charge in [-0.2, -0.15) is 0 Å². The van der Waals surface area contributed by atoms with E-state index in [0.717, 1.165) is 25.8 Å². The number of carbonyl (C=O) groups is 4. The predicted molar refractivity (Wildman–Crippen MR) is 149 cm³/mol. The van der Waals surface area contributed by atoms with Gasteiger partial charge in [0, 0.05) is 50.6 Å². The molecule has 0 aromatic heterocycles. The normalized spacial score (nSPS) is 26.3. The molecule has 4 atom stereocenters. The van der Waals surface area contributed by atoms with Gasteiger partial charge in [0.1, 0.15) is 6.17 Å². The molecule has 0 spiro atoms. The van der Waals surface area contributed by atoms with E-state index in [2.05, 4.69) is 4.90 Å². The summed E-state index contributed by atoms with van der Waals surface area (Å²) in [5, 5.41) is 0. The van der Waals surface area contributed by atoms with Gasteiger partial charge in [-0.05, 0) is 49.3 Å². The molecule has 10 nitrogen and oxygen atoms in total. The van der Waals surface area contributed by atoms with Crippen molar-refractivity contribution in [2.24, 2.45) is 11.8 Å². The van der Waals surface area contributed by atoms with Gasteiger partial charge in [0.05, 0.1) is 31.0 Å². The van der Waals surface area contributed by atoms with Gasteiger partial charge >= 0.3 is 0 Å². The smallest absolute Gasteiger partial charge is 0.264 e. The van der Waals surface area contributed by atoms with Crippen LogP contribution in [-0.2, 0) is 9.59 Å². The summed E-state index contributed by atoms with van der Waals surface area (Å²) in [5.74, 6) is 1.14.